The van der Waals surface area contributed by atoms with Gasteiger partial charge in [0, 0.05) is 28.1 Å². The highest BCUT2D eigenvalue weighted by atomic mass is 32.2. The summed E-state index contributed by atoms with van der Waals surface area (Å²) in [6, 6.07) is 16.5. The van der Waals surface area contributed by atoms with Crippen LogP contribution in [-0.2, 0) is 6.54 Å². The summed E-state index contributed by atoms with van der Waals surface area (Å²) in [4.78, 5) is 18.7. The Kier molecular flexibility index (Phi) is 4.86. The largest absolute Gasteiger partial charge is 0.298 e. The third kappa shape index (κ3) is 3.30. The van der Waals surface area contributed by atoms with Crippen molar-refractivity contribution in [1.29, 1.82) is 0 Å². The van der Waals surface area contributed by atoms with Gasteiger partial charge in [0.1, 0.15) is 10.6 Å². The normalized spacial score (nSPS) is 11.1. The highest BCUT2D eigenvalue weighted by Crippen LogP contribution is 2.30. The lowest BCUT2D eigenvalue weighted by molar-refractivity contribution is 0.601. The van der Waals surface area contributed by atoms with Crippen molar-refractivity contribution in [3.63, 3.8) is 0 Å². The summed E-state index contributed by atoms with van der Waals surface area (Å²) < 4.78 is 15.3. The first-order chi connectivity index (χ1) is 12.7. The van der Waals surface area contributed by atoms with E-state index in [0.717, 1.165) is 16.0 Å². The molecule has 4 rings (SSSR count). The fourth-order valence-electron chi connectivity index (χ4n) is 2.77. The molecule has 0 unspecified atom stereocenters. The van der Waals surface area contributed by atoms with Crippen LogP contribution in [-0.4, -0.2) is 15.3 Å². The van der Waals surface area contributed by atoms with Crippen LogP contribution in [0.2, 0.25) is 0 Å². The van der Waals surface area contributed by atoms with E-state index in [1.165, 1.54) is 29.2 Å². The minimum absolute atomic E-state index is 0.0516. The van der Waals surface area contributed by atoms with Crippen LogP contribution in [0.15, 0.2) is 76.0 Å². The second kappa shape index (κ2) is 7.43. The summed E-state index contributed by atoms with van der Waals surface area (Å²) in [5.41, 5.74) is 1.87. The van der Waals surface area contributed by atoms with Gasteiger partial charge in [0.2, 0.25) is 0 Å². The molecular formula is C20H15FN2OS2. The number of thiophene rings is 1. The molecule has 0 atom stereocenters. The highest BCUT2D eigenvalue weighted by Gasteiger charge is 2.13. The average molecular weight is 382 g/mol. The number of nitrogens with zero attached hydrogens (tertiary/aromatic N) is 2. The van der Waals surface area contributed by atoms with E-state index in [2.05, 4.69) is 4.98 Å². The van der Waals surface area contributed by atoms with E-state index >= 15 is 0 Å². The number of rotatable bonds is 5. The van der Waals surface area contributed by atoms with E-state index in [9.17, 15) is 9.18 Å². The van der Waals surface area contributed by atoms with Crippen molar-refractivity contribution in [2.24, 2.45) is 0 Å². The van der Waals surface area contributed by atoms with Crippen LogP contribution in [0.5, 0.6) is 0 Å². The van der Waals surface area contributed by atoms with E-state index in [0.29, 0.717) is 22.6 Å². The topological polar surface area (TPSA) is 34.9 Å². The summed E-state index contributed by atoms with van der Waals surface area (Å²) in [5.74, 6) is 0.362. The van der Waals surface area contributed by atoms with Gasteiger partial charge < -0.3 is 0 Å². The Labute approximate surface area is 158 Å². The van der Waals surface area contributed by atoms with E-state index < -0.39 is 0 Å². The number of halogens is 1. The molecule has 2 heterocycles. The molecule has 0 aliphatic heterocycles. The molecule has 0 aliphatic carbocycles. The molecule has 0 aliphatic rings. The minimum Gasteiger partial charge on any atom is -0.298 e. The Balaban J connectivity index is 1.61. The monoisotopic (exact) mass is 382 g/mol. The van der Waals surface area contributed by atoms with Crippen molar-refractivity contribution in [3.05, 3.63) is 82.5 Å². The number of thioether (sulfide) groups is 1. The summed E-state index contributed by atoms with van der Waals surface area (Å²) >= 11 is 2.87. The SMILES string of the molecule is O=c1c2c(-c3ccccc3)csc2ncn1CCSc1ccccc1F. The number of aromatic nitrogens is 2. The molecule has 130 valence electrons. The number of hydrogen-bond donors (Lipinski definition) is 0. The Morgan fingerprint density at radius 2 is 1.85 bits per heavy atom. The number of fused-ring (bicyclic) bond motifs is 1. The summed E-state index contributed by atoms with van der Waals surface area (Å²) in [7, 11) is 0. The lowest BCUT2D eigenvalue weighted by Crippen LogP contribution is -2.21. The fraction of sp³-hybridized carbons (Fsp3) is 0.100. The third-order valence-electron chi connectivity index (χ3n) is 4.07. The first-order valence-corrected chi connectivity index (χ1v) is 10.00. The van der Waals surface area contributed by atoms with Crippen LogP contribution >= 0.6 is 23.1 Å². The van der Waals surface area contributed by atoms with Gasteiger partial charge in [-0.1, -0.05) is 42.5 Å². The zero-order valence-corrected chi connectivity index (χ0v) is 15.4. The molecule has 2 aromatic heterocycles. The van der Waals surface area contributed by atoms with Gasteiger partial charge in [-0.25, -0.2) is 9.37 Å². The van der Waals surface area contributed by atoms with Gasteiger partial charge in [0.25, 0.3) is 5.56 Å². The Hall–Kier alpha value is -2.44. The number of aryl methyl sites for hydroxylation is 1. The maximum atomic E-state index is 13.7. The lowest BCUT2D eigenvalue weighted by atomic mass is 10.1. The molecule has 0 saturated carbocycles. The fourth-order valence-corrected chi connectivity index (χ4v) is 4.57. The van der Waals surface area contributed by atoms with Crippen LogP contribution in [0.1, 0.15) is 0 Å². The van der Waals surface area contributed by atoms with Crippen molar-refractivity contribution in [2.75, 3.05) is 5.75 Å². The molecule has 0 amide bonds. The minimum atomic E-state index is -0.234. The van der Waals surface area contributed by atoms with Gasteiger partial charge >= 0.3 is 0 Å². The van der Waals surface area contributed by atoms with Gasteiger partial charge in [-0.2, -0.15) is 0 Å². The Morgan fingerprint density at radius 1 is 1.08 bits per heavy atom. The smallest absolute Gasteiger partial charge is 0.262 e. The molecule has 0 bridgehead atoms. The maximum absolute atomic E-state index is 13.7. The van der Waals surface area contributed by atoms with Crippen molar-refractivity contribution in [2.45, 2.75) is 11.4 Å². The first-order valence-electron chi connectivity index (χ1n) is 8.13. The molecule has 0 spiro atoms. The Morgan fingerprint density at radius 3 is 2.65 bits per heavy atom. The second-order valence-electron chi connectivity index (χ2n) is 5.72. The van der Waals surface area contributed by atoms with Crippen molar-refractivity contribution in [1.82, 2.24) is 9.55 Å². The molecule has 0 saturated heterocycles. The van der Waals surface area contributed by atoms with Crippen LogP contribution in [0, 0.1) is 5.82 Å². The van der Waals surface area contributed by atoms with Crippen molar-refractivity contribution in [3.8, 4) is 11.1 Å². The van der Waals surface area contributed by atoms with Crippen LogP contribution in [0.3, 0.4) is 0 Å². The molecular weight excluding hydrogens is 367 g/mol. The molecule has 6 heteroatoms. The standard InChI is InChI=1S/C20H15FN2OS2/c21-16-8-4-5-9-17(16)25-11-10-23-13-22-19-18(20(23)24)15(12-26-19)14-6-2-1-3-7-14/h1-9,12-13H,10-11H2. The molecule has 26 heavy (non-hydrogen) atoms. The predicted molar refractivity (Wildman–Crippen MR) is 106 cm³/mol. The van der Waals surface area contributed by atoms with Crippen LogP contribution < -0.4 is 5.56 Å². The maximum Gasteiger partial charge on any atom is 0.262 e. The molecule has 4 aromatic rings. The highest BCUT2D eigenvalue weighted by molar-refractivity contribution is 7.99. The van der Waals surface area contributed by atoms with E-state index in [4.69, 9.17) is 0 Å². The third-order valence-corrected chi connectivity index (χ3v) is 5.99. The van der Waals surface area contributed by atoms with Gasteiger partial charge in [0.05, 0.1) is 11.7 Å². The quantitative estimate of drug-likeness (QED) is 0.453. The van der Waals surface area contributed by atoms with Gasteiger partial charge in [0.15, 0.2) is 0 Å². The lowest BCUT2D eigenvalue weighted by Gasteiger charge is -2.07. The summed E-state index contributed by atoms with van der Waals surface area (Å²) in [5, 5.41) is 2.63. The second-order valence-corrected chi connectivity index (χ2v) is 7.71. The van der Waals surface area contributed by atoms with Gasteiger partial charge in [-0.15, -0.1) is 23.1 Å². The van der Waals surface area contributed by atoms with E-state index in [-0.39, 0.29) is 11.4 Å². The molecule has 2 aromatic carbocycles. The van der Waals surface area contributed by atoms with Crippen LogP contribution in [0.4, 0.5) is 4.39 Å². The number of benzene rings is 2. The summed E-state index contributed by atoms with van der Waals surface area (Å²) in [6.45, 7) is 0.477. The molecule has 0 radical (unpaired) electrons. The molecule has 3 nitrogen and oxygen atoms in total. The molecule has 0 fully saturated rings. The zero-order chi connectivity index (χ0) is 17.9. The summed E-state index contributed by atoms with van der Waals surface area (Å²) in [6.07, 6.45) is 1.58. The Bertz CT molecular complexity index is 1110. The van der Waals surface area contributed by atoms with Crippen molar-refractivity contribution < 1.29 is 4.39 Å². The molecule has 0 N–H and O–H groups in total. The zero-order valence-electron chi connectivity index (χ0n) is 13.8. The van der Waals surface area contributed by atoms with E-state index in [1.807, 2.05) is 41.8 Å². The number of hydrogen-bond acceptors (Lipinski definition) is 4. The van der Waals surface area contributed by atoms with Crippen LogP contribution in [0.25, 0.3) is 21.3 Å². The van der Waals surface area contributed by atoms with Gasteiger partial charge in [-0.3, -0.25) is 9.36 Å². The average Bonchev–Trinajstić information content (AvgIpc) is 3.11. The van der Waals surface area contributed by atoms with Gasteiger partial charge in [-0.05, 0) is 17.7 Å². The van der Waals surface area contributed by atoms with Crippen molar-refractivity contribution >= 4 is 33.3 Å². The predicted octanol–water partition coefficient (Wildman–Crippen LogP) is 5.06. The van der Waals surface area contributed by atoms with E-state index in [1.54, 1.807) is 23.0 Å². The first kappa shape index (κ1) is 17.0.